The zero-order chi connectivity index (χ0) is 22.3. The van der Waals surface area contributed by atoms with Crippen LogP contribution >= 0.6 is 0 Å². The van der Waals surface area contributed by atoms with Gasteiger partial charge < -0.3 is 14.2 Å². The predicted octanol–water partition coefficient (Wildman–Crippen LogP) is 6.04. The maximum Gasteiger partial charge on any atom is 0.302 e. The van der Waals surface area contributed by atoms with E-state index in [-0.39, 0.29) is 17.9 Å². The van der Waals surface area contributed by atoms with Gasteiger partial charge >= 0.3 is 5.97 Å². The first-order chi connectivity index (χ1) is 15.2. The first-order valence-corrected chi connectivity index (χ1v) is 13.4. The van der Waals surface area contributed by atoms with Crippen molar-refractivity contribution in [1.29, 1.82) is 0 Å². The van der Waals surface area contributed by atoms with Gasteiger partial charge in [-0.1, -0.05) is 32.4 Å². The van der Waals surface area contributed by atoms with Gasteiger partial charge in [0.05, 0.1) is 12.7 Å². The van der Waals surface area contributed by atoms with Gasteiger partial charge in [-0.3, -0.25) is 4.79 Å². The molecule has 32 heavy (non-hydrogen) atoms. The lowest BCUT2D eigenvalue weighted by molar-refractivity contribution is -0.255. The van der Waals surface area contributed by atoms with Crippen molar-refractivity contribution in [3.63, 3.8) is 0 Å². The summed E-state index contributed by atoms with van der Waals surface area (Å²) >= 11 is 0. The Morgan fingerprint density at radius 3 is 2.69 bits per heavy atom. The van der Waals surface area contributed by atoms with E-state index in [0.717, 1.165) is 50.0 Å². The molecule has 0 radical (unpaired) electrons. The first-order valence-electron chi connectivity index (χ1n) is 13.4. The molecule has 178 valence electrons. The van der Waals surface area contributed by atoms with Crippen molar-refractivity contribution in [3.8, 4) is 0 Å². The lowest BCUT2D eigenvalue weighted by atomic mass is 9.47. The summed E-state index contributed by atoms with van der Waals surface area (Å²) < 4.78 is 18.8. The number of esters is 1. The summed E-state index contributed by atoms with van der Waals surface area (Å²) in [6, 6.07) is 0. The van der Waals surface area contributed by atoms with Gasteiger partial charge in [0.1, 0.15) is 6.10 Å². The van der Waals surface area contributed by atoms with Crippen LogP contribution in [0.1, 0.15) is 91.9 Å². The van der Waals surface area contributed by atoms with E-state index in [0.29, 0.717) is 28.8 Å². The Balaban J connectivity index is 1.21. The van der Waals surface area contributed by atoms with Crippen LogP contribution < -0.4 is 0 Å². The van der Waals surface area contributed by atoms with Gasteiger partial charge in [-0.2, -0.15) is 0 Å². The molecule has 0 aromatic heterocycles. The summed E-state index contributed by atoms with van der Waals surface area (Å²) in [5.41, 5.74) is 2.28. The summed E-state index contributed by atoms with van der Waals surface area (Å²) in [6.07, 6.45) is 14.8. The minimum atomic E-state index is -0.270. The SMILES string of the molecule is CC(=O)OC1CCC2(C)C(=CCC3C2CCC2(C)C4CC5(CCC(C)CO5)OC4CC32)C1. The minimum Gasteiger partial charge on any atom is -0.462 e. The first kappa shape index (κ1) is 21.6. The number of carbonyl (C=O) groups is 1. The molecular weight excluding hydrogens is 400 g/mol. The fraction of sp³-hybridized carbons (Fsp3) is 0.893. The van der Waals surface area contributed by atoms with Crippen LogP contribution in [0.15, 0.2) is 11.6 Å². The molecule has 0 amide bonds. The van der Waals surface area contributed by atoms with Crippen molar-refractivity contribution in [2.24, 2.45) is 40.4 Å². The number of hydrogen-bond acceptors (Lipinski definition) is 4. The van der Waals surface area contributed by atoms with E-state index >= 15 is 0 Å². The topological polar surface area (TPSA) is 44.8 Å². The standard InChI is InChI=1S/C28H42O4/c1-17-7-12-28(30-16-17)15-24-25(32-28)14-23-21-6-5-19-13-20(31-18(2)29)8-10-26(19,3)22(21)9-11-27(23,24)4/h5,17,20-25H,6-16H2,1-4H3. The molecule has 2 aliphatic heterocycles. The van der Waals surface area contributed by atoms with E-state index in [9.17, 15) is 4.79 Å². The highest BCUT2D eigenvalue weighted by atomic mass is 16.7. The number of hydrogen-bond donors (Lipinski definition) is 0. The van der Waals surface area contributed by atoms with E-state index in [1.807, 2.05) is 0 Å². The number of fused-ring (bicyclic) bond motifs is 7. The zero-order valence-electron chi connectivity index (χ0n) is 20.5. The minimum absolute atomic E-state index is 0.0888. The van der Waals surface area contributed by atoms with Gasteiger partial charge in [0.15, 0.2) is 5.79 Å². The van der Waals surface area contributed by atoms with Gasteiger partial charge in [0.25, 0.3) is 0 Å². The largest absolute Gasteiger partial charge is 0.462 e. The number of ether oxygens (including phenoxy) is 3. The van der Waals surface area contributed by atoms with Crippen LogP contribution in [0.25, 0.3) is 0 Å². The summed E-state index contributed by atoms with van der Waals surface area (Å²) in [7, 11) is 0. The molecule has 0 aromatic rings. The Hall–Kier alpha value is -0.870. The van der Waals surface area contributed by atoms with Crippen LogP contribution in [0.4, 0.5) is 0 Å². The van der Waals surface area contributed by atoms with E-state index < -0.39 is 0 Å². The summed E-state index contributed by atoms with van der Waals surface area (Å²) in [4.78, 5) is 11.5. The molecule has 0 aromatic carbocycles. The summed E-state index contributed by atoms with van der Waals surface area (Å²) in [6.45, 7) is 9.84. The maximum absolute atomic E-state index is 11.5. The molecule has 2 saturated heterocycles. The van der Waals surface area contributed by atoms with Crippen LogP contribution in [-0.4, -0.2) is 30.6 Å². The Bertz CT molecular complexity index is 810. The zero-order valence-corrected chi connectivity index (χ0v) is 20.5. The third-order valence-corrected chi connectivity index (χ3v) is 11.2. The van der Waals surface area contributed by atoms with Gasteiger partial charge in [0.2, 0.25) is 0 Å². The van der Waals surface area contributed by atoms with Crippen LogP contribution in [0.3, 0.4) is 0 Å². The average Bonchev–Trinajstić information content (AvgIpc) is 3.23. The highest BCUT2D eigenvalue weighted by molar-refractivity contribution is 5.66. The lowest BCUT2D eigenvalue weighted by Crippen LogP contribution is -2.51. The van der Waals surface area contributed by atoms with Crippen LogP contribution in [0.2, 0.25) is 0 Å². The van der Waals surface area contributed by atoms with Crippen molar-refractivity contribution in [1.82, 2.24) is 0 Å². The van der Waals surface area contributed by atoms with Crippen molar-refractivity contribution < 1.29 is 19.0 Å². The van der Waals surface area contributed by atoms with E-state index in [1.165, 1.54) is 38.5 Å². The lowest BCUT2D eigenvalue weighted by Gasteiger charge is -2.58. The molecule has 2 heterocycles. The normalized spacial score (nSPS) is 54.2. The third-order valence-electron chi connectivity index (χ3n) is 11.2. The van der Waals surface area contributed by atoms with Crippen molar-refractivity contribution in [3.05, 3.63) is 11.6 Å². The fourth-order valence-electron chi connectivity index (χ4n) is 9.38. The Morgan fingerprint density at radius 1 is 1.09 bits per heavy atom. The number of allylic oxidation sites excluding steroid dienone is 1. The molecule has 0 bridgehead atoms. The van der Waals surface area contributed by atoms with Gasteiger partial charge in [-0.05, 0) is 85.4 Å². The highest BCUT2D eigenvalue weighted by Gasteiger charge is 2.66. The molecule has 0 N–H and O–H groups in total. The number of carbonyl (C=O) groups excluding carboxylic acids is 1. The van der Waals surface area contributed by atoms with E-state index in [2.05, 4.69) is 26.8 Å². The maximum atomic E-state index is 11.5. The van der Waals surface area contributed by atoms with Crippen molar-refractivity contribution in [2.45, 2.75) is 110 Å². The molecular formula is C28H42O4. The molecule has 3 saturated carbocycles. The smallest absolute Gasteiger partial charge is 0.302 e. The van der Waals surface area contributed by atoms with Gasteiger partial charge in [0, 0.05) is 26.2 Å². The Kier molecular flexibility index (Phi) is 4.95. The average molecular weight is 443 g/mol. The Labute approximate surface area is 193 Å². The fourth-order valence-corrected chi connectivity index (χ4v) is 9.38. The quantitative estimate of drug-likeness (QED) is 0.367. The van der Waals surface area contributed by atoms with E-state index in [1.54, 1.807) is 12.5 Å². The van der Waals surface area contributed by atoms with Crippen LogP contribution in [0, 0.1) is 40.4 Å². The summed E-state index contributed by atoms with van der Waals surface area (Å²) in [5.74, 6) is 3.27. The van der Waals surface area contributed by atoms with Gasteiger partial charge in [-0.15, -0.1) is 0 Å². The molecule has 6 rings (SSSR count). The van der Waals surface area contributed by atoms with Crippen LogP contribution in [0.5, 0.6) is 0 Å². The molecule has 10 unspecified atom stereocenters. The monoisotopic (exact) mass is 442 g/mol. The molecule has 5 fully saturated rings. The summed E-state index contributed by atoms with van der Waals surface area (Å²) in [5, 5.41) is 0. The molecule has 4 nitrogen and oxygen atoms in total. The molecule has 1 spiro atoms. The second kappa shape index (κ2) is 7.31. The Morgan fingerprint density at radius 2 is 1.94 bits per heavy atom. The molecule has 10 atom stereocenters. The molecule has 4 aliphatic carbocycles. The highest BCUT2D eigenvalue weighted by Crippen LogP contribution is 2.69. The van der Waals surface area contributed by atoms with E-state index in [4.69, 9.17) is 14.2 Å². The molecule has 6 aliphatic rings. The van der Waals surface area contributed by atoms with Crippen LogP contribution in [-0.2, 0) is 19.0 Å². The number of rotatable bonds is 1. The van der Waals surface area contributed by atoms with Crippen molar-refractivity contribution >= 4 is 5.97 Å². The van der Waals surface area contributed by atoms with Crippen molar-refractivity contribution in [2.75, 3.05) is 6.61 Å². The second-order valence-electron chi connectivity index (χ2n) is 12.8. The third kappa shape index (κ3) is 3.11. The predicted molar refractivity (Wildman–Crippen MR) is 123 cm³/mol. The second-order valence-corrected chi connectivity index (χ2v) is 12.8. The molecule has 4 heteroatoms. The van der Waals surface area contributed by atoms with Gasteiger partial charge in [-0.25, -0.2) is 0 Å².